The number of morpholine rings is 1. The van der Waals surface area contributed by atoms with Crippen LogP contribution in [0.15, 0.2) is 23.1 Å². The Morgan fingerprint density at radius 2 is 2.24 bits per heavy atom. The summed E-state index contributed by atoms with van der Waals surface area (Å²) in [6.07, 6.45) is 1.11. The van der Waals surface area contributed by atoms with E-state index in [9.17, 15) is 23.3 Å². The number of ether oxygens (including phenoxy) is 1. The monoisotopic (exact) mass is 372 g/mol. The Hall–Kier alpha value is -2.08. The van der Waals surface area contributed by atoms with E-state index >= 15 is 0 Å². The molecule has 138 valence electrons. The Morgan fingerprint density at radius 3 is 2.88 bits per heavy atom. The number of nitrogens with zero attached hydrogens (tertiary/aromatic N) is 2. The number of nitro groups is 1. The average molecular weight is 372 g/mol. The molecule has 0 amide bonds. The van der Waals surface area contributed by atoms with Gasteiger partial charge >= 0.3 is 0 Å². The fourth-order valence-corrected chi connectivity index (χ4v) is 3.09. The number of rotatable bonds is 8. The van der Waals surface area contributed by atoms with Gasteiger partial charge in [-0.2, -0.15) is 0 Å². The van der Waals surface area contributed by atoms with Gasteiger partial charge in [0.05, 0.1) is 22.5 Å². The highest BCUT2D eigenvalue weighted by Crippen LogP contribution is 2.27. The fraction of sp³-hybridized carbons (Fsp3) is 0.500. The highest BCUT2D eigenvalue weighted by molar-refractivity contribution is 7.89. The standard InChI is InChI=1S/C14H20N4O6S/c15-25(22,23)12-2-3-13(14(8-12)18(20)21)16-9-11-10-17(4-1-6-19)5-7-24-11/h2-3,6,8,11,16H,1,4-5,7,9-10H2,(H2,15,22,23). The van der Waals surface area contributed by atoms with Crippen molar-refractivity contribution in [1.82, 2.24) is 4.90 Å². The minimum absolute atomic E-state index is 0.186. The van der Waals surface area contributed by atoms with Crippen LogP contribution in [0.4, 0.5) is 11.4 Å². The molecule has 1 atom stereocenters. The second-order valence-electron chi connectivity index (χ2n) is 5.61. The molecule has 1 fully saturated rings. The van der Waals surface area contributed by atoms with Gasteiger partial charge in [0.2, 0.25) is 10.0 Å². The van der Waals surface area contributed by atoms with E-state index in [1.807, 2.05) is 0 Å². The number of hydrogen-bond donors (Lipinski definition) is 2. The lowest BCUT2D eigenvalue weighted by Crippen LogP contribution is -2.45. The molecule has 0 radical (unpaired) electrons. The summed E-state index contributed by atoms with van der Waals surface area (Å²) < 4.78 is 28.3. The second kappa shape index (κ2) is 8.34. The molecule has 0 bridgehead atoms. The Labute approximate surface area is 145 Å². The minimum Gasteiger partial charge on any atom is -0.377 e. The number of primary sulfonamides is 1. The SMILES string of the molecule is NS(=O)(=O)c1ccc(NCC2CN(CCC=O)CCO2)c([N+](=O)[O-])c1. The summed E-state index contributed by atoms with van der Waals surface area (Å²) in [5, 5.41) is 19.1. The van der Waals surface area contributed by atoms with E-state index in [1.165, 1.54) is 12.1 Å². The average Bonchev–Trinajstić information content (AvgIpc) is 2.57. The van der Waals surface area contributed by atoms with Crippen molar-refractivity contribution in [2.45, 2.75) is 17.4 Å². The molecular formula is C14H20N4O6S. The first-order chi connectivity index (χ1) is 11.8. The van der Waals surface area contributed by atoms with Gasteiger partial charge in [0, 0.05) is 38.7 Å². The molecule has 2 rings (SSSR count). The van der Waals surface area contributed by atoms with Gasteiger partial charge in [-0.25, -0.2) is 13.6 Å². The summed E-state index contributed by atoms with van der Waals surface area (Å²) in [6.45, 7) is 2.80. The summed E-state index contributed by atoms with van der Waals surface area (Å²) in [4.78, 5) is 22.7. The van der Waals surface area contributed by atoms with E-state index < -0.39 is 14.9 Å². The van der Waals surface area contributed by atoms with Crippen molar-refractivity contribution in [2.75, 3.05) is 38.1 Å². The third kappa shape index (κ3) is 5.46. The Balaban J connectivity index is 2.04. The van der Waals surface area contributed by atoms with Gasteiger partial charge in [0.15, 0.2) is 0 Å². The number of hydrogen-bond acceptors (Lipinski definition) is 8. The van der Waals surface area contributed by atoms with Crippen molar-refractivity contribution in [3.05, 3.63) is 28.3 Å². The van der Waals surface area contributed by atoms with Gasteiger partial charge in [0.25, 0.3) is 5.69 Å². The van der Waals surface area contributed by atoms with Crippen LogP contribution in [0, 0.1) is 10.1 Å². The van der Waals surface area contributed by atoms with Gasteiger partial charge in [-0.1, -0.05) is 0 Å². The van der Waals surface area contributed by atoms with Crippen molar-refractivity contribution in [3.8, 4) is 0 Å². The first-order valence-corrected chi connectivity index (χ1v) is 9.18. The normalized spacial score (nSPS) is 18.7. The van der Waals surface area contributed by atoms with Crippen molar-refractivity contribution >= 4 is 27.7 Å². The zero-order chi connectivity index (χ0) is 18.4. The van der Waals surface area contributed by atoms with Crippen LogP contribution >= 0.6 is 0 Å². The van der Waals surface area contributed by atoms with Crippen LogP contribution in [0.3, 0.4) is 0 Å². The molecule has 1 unspecified atom stereocenters. The van der Waals surface area contributed by atoms with E-state index in [0.29, 0.717) is 32.7 Å². The molecule has 10 nitrogen and oxygen atoms in total. The van der Waals surface area contributed by atoms with Crippen LogP contribution in [0.5, 0.6) is 0 Å². The van der Waals surface area contributed by atoms with Crippen LogP contribution in [-0.4, -0.2) is 63.4 Å². The van der Waals surface area contributed by atoms with E-state index in [2.05, 4.69) is 10.2 Å². The van der Waals surface area contributed by atoms with Gasteiger partial charge in [-0.15, -0.1) is 0 Å². The maximum Gasteiger partial charge on any atom is 0.293 e. The number of benzene rings is 1. The van der Waals surface area contributed by atoms with Crippen LogP contribution < -0.4 is 10.5 Å². The van der Waals surface area contributed by atoms with Crippen LogP contribution in [-0.2, 0) is 19.6 Å². The predicted octanol–water partition coefficient (Wildman–Crippen LogP) is -0.0561. The van der Waals surface area contributed by atoms with E-state index in [0.717, 1.165) is 18.9 Å². The number of carbonyl (C=O) groups is 1. The summed E-state index contributed by atoms with van der Waals surface area (Å²) in [7, 11) is -4.02. The Morgan fingerprint density at radius 1 is 1.48 bits per heavy atom. The van der Waals surface area contributed by atoms with Crippen molar-refractivity contribution in [3.63, 3.8) is 0 Å². The number of aldehydes is 1. The Kier molecular flexibility index (Phi) is 6.42. The molecule has 1 aliphatic heterocycles. The zero-order valence-corrected chi connectivity index (χ0v) is 14.3. The van der Waals surface area contributed by atoms with E-state index in [4.69, 9.17) is 9.88 Å². The zero-order valence-electron chi connectivity index (χ0n) is 13.5. The van der Waals surface area contributed by atoms with Gasteiger partial charge < -0.3 is 14.8 Å². The van der Waals surface area contributed by atoms with Crippen molar-refractivity contribution in [1.29, 1.82) is 0 Å². The first-order valence-electron chi connectivity index (χ1n) is 7.64. The fourth-order valence-electron chi connectivity index (χ4n) is 2.56. The van der Waals surface area contributed by atoms with Crippen LogP contribution in [0.1, 0.15) is 6.42 Å². The molecule has 1 aliphatic rings. The lowest BCUT2D eigenvalue weighted by atomic mass is 10.2. The molecule has 25 heavy (non-hydrogen) atoms. The summed E-state index contributed by atoms with van der Waals surface area (Å²) in [5.41, 5.74) is -0.189. The van der Waals surface area contributed by atoms with Gasteiger partial charge in [0.1, 0.15) is 12.0 Å². The van der Waals surface area contributed by atoms with Crippen molar-refractivity contribution < 1.29 is 22.9 Å². The van der Waals surface area contributed by atoms with E-state index in [-0.39, 0.29) is 22.4 Å². The van der Waals surface area contributed by atoms with Crippen molar-refractivity contribution in [2.24, 2.45) is 5.14 Å². The van der Waals surface area contributed by atoms with Gasteiger partial charge in [-0.3, -0.25) is 15.0 Å². The number of nitrogens with one attached hydrogen (secondary N) is 1. The predicted molar refractivity (Wildman–Crippen MR) is 89.8 cm³/mol. The maximum absolute atomic E-state index is 11.3. The van der Waals surface area contributed by atoms with Crippen LogP contribution in [0.2, 0.25) is 0 Å². The first kappa shape index (κ1) is 19.2. The molecule has 11 heteroatoms. The van der Waals surface area contributed by atoms with Gasteiger partial charge in [-0.05, 0) is 12.1 Å². The lowest BCUT2D eigenvalue weighted by Gasteiger charge is -2.32. The molecule has 0 saturated carbocycles. The highest BCUT2D eigenvalue weighted by atomic mass is 32.2. The molecule has 3 N–H and O–H groups in total. The molecule has 0 spiro atoms. The molecule has 0 aliphatic carbocycles. The molecular weight excluding hydrogens is 352 g/mol. The molecule has 1 heterocycles. The molecule has 1 saturated heterocycles. The number of carbonyl (C=O) groups excluding carboxylic acids is 1. The topological polar surface area (TPSA) is 145 Å². The second-order valence-corrected chi connectivity index (χ2v) is 7.17. The van der Waals surface area contributed by atoms with E-state index in [1.54, 1.807) is 0 Å². The summed E-state index contributed by atoms with van der Waals surface area (Å²) >= 11 is 0. The maximum atomic E-state index is 11.3. The smallest absolute Gasteiger partial charge is 0.293 e. The highest BCUT2D eigenvalue weighted by Gasteiger charge is 2.23. The molecule has 0 aromatic heterocycles. The minimum atomic E-state index is -4.02. The molecule has 1 aromatic carbocycles. The van der Waals surface area contributed by atoms with Crippen LogP contribution in [0.25, 0.3) is 0 Å². The third-order valence-corrected chi connectivity index (χ3v) is 4.71. The molecule has 1 aromatic rings. The number of nitro benzene ring substituents is 1. The largest absolute Gasteiger partial charge is 0.377 e. The number of sulfonamides is 1. The lowest BCUT2D eigenvalue weighted by molar-refractivity contribution is -0.384. The number of nitrogens with two attached hydrogens (primary N) is 1. The number of anilines is 1. The third-order valence-electron chi connectivity index (χ3n) is 3.80. The summed E-state index contributed by atoms with van der Waals surface area (Å²) in [5.74, 6) is 0. The Bertz CT molecular complexity index is 739. The summed E-state index contributed by atoms with van der Waals surface area (Å²) in [6, 6.07) is 3.45. The quantitative estimate of drug-likeness (QED) is 0.367.